The predicted molar refractivity (Wildman–Crippen MR) is 99.8 cm³/mol. The van der Waals surface area contributed by atoms with Crippen molar-refractivity contribution in [1.29, 1.82) is 0 Å². The van der Waals surface area contributed by atoms with E-state index in [0.29, 0.717) is 19.4 Å². The van der Waals surface area contributed by atoms with E-state index in [1.807, 2.05) is 0 Å². The molecule has 5 heteroatoms. The van der Waals surface area contributed by atoms with E-state index in [1.54, 1.807) is 0 Å². The van der Waals surface area contributed by atoms with Crippen LogP contribution in [0.25, 0.3) is 0 Å². The number of rotatable bonds is 17. The van der Waals surface area contributed by atoms with Crippen LogP contribution in [0.5, 0.6) is 0 Å². The summed E-state index contributed by atoms with van der Waals surface area (Å²) in [5.41, 5.74) is 5.43. The molecule has 0 heterocycles. The fraction of sp³-hybridized carbons (Fsp3) is 0.947. The van der Waals surface area contributed by atoms with E-state index in [9.17, 15) is 15.0 Å². The minimum atomic E-state index is -0.580. The quantitative estimate of drug-likeness (QED) is 0.305. The fourth-order valence-corrected chi connectivity index (χ4v) is 2.87. The lowest BCUT2D eigenvalue weighted by atomic mass is 10.0. The summed E-state index contributed by atoms with van der Waals surface area (Å²) in [6, 6.07) is -0.249. The van der Waals surface area contributed by atoms with E-state index in [0.717, 1.165) is 19.3 Å². The van der Waals surface area contributed by atoms with E-state index < -0.39 is 6.10 Å². The average molecular weight is 345 g/mol. The number of carbonyl (C=O) groups is 1. The maximum absolute atomic E-state index is 11.8. The highest BCUT2D eigenvalue weighted by molar-refractivity contribution is 5.76. The molecule has 5 N–H and O–H groups in total. The molecule has 0 bridgehead atoms. The number of nitrogens with two attached hydrogens (primary N) is 1. The molecule has 0 saturated heterocycles. The van der Waals surface area contributed by atoms with E-state index in [4.69, 9.17) is 5.73 Å². The van der Waals surface area contributed by atoms with E-state index >= 15 is 0 Å². The smallest absolute Gasteiger partial charge is 0.222 e. The third-order valence-electron chi connectivity index (χ3n) is 4.40. The minimum Gasteiger partial charge on any atom is -0.394 e. The zero-order chi connectivity index (χ0) is 18.0. The molecule has 5 nitrogen and oxygen atoms in total. The summed E-state index contributed by atoms with van der Waals surface area (Å²) < 4.78 is 0. The Bertz CT molecular complexity index is 288. The molecule has 2 atom stereocenters. The van der Waals surface area contributed by atoms with Crippen LogP contribution in [0.2, 0.25) is 0 Å². The largest absolute Gasteiger partial charge is 0.394 e. The second kappa shape index (κ2) is 17.2. The van der Waals surface area contributed by atoms with Gasteiger partial charge in [-0.05, 0) is 25.8 Å². The molecule has 0 aromatic carbocycles. The van der Waals surface area contributed by atoms with Gasteiger partial charge in [0.25, 0.3) is 0 Å². The first-order chi connectivity index (χ1) is 11.6. The molecule has 144 valence electrons. The molecule has 0 aliphatic carbocycles. The van der Waals surface area contributed by atoms with Crippen LogP contribution in [-0.2, 0) is 4.79 Å². The second-order valence-corrected chi connectivity index (χ2v) is 6.85. The molecule has 24 heavy (non-hydrogen) atoms. The van der Waals surface area contributed by atoms with Crippen molar-refractivity contribution in [3.8, 4) is 0 Å². The number of hydrogen-bond donors (Lipinski definition) is 4. The van der Waals surface area contributed by atoms with Crippen LogP contribution in [0.1, 0.15) is 90.4 Å². The first-order valence-corrected chi connectivity index (χ1v) is 9.92. The third-order valence-corrected chi connectivity index (χ3v) is 4.40. The molecular formula is C19H40N2O3. The van der Waals surface area contributed by atoms with Crippen molar-refractivity contribution in [2.24, 2.45) is 5.73 Å². The van der Waals surface area contributed by atoms with Crippen LogP contribution in [0, 0.1) is 0 Å². The lowest BCUT2D eigenvalue weighted by Gasteiger charge is -2.17. The van der Waals surface area contributed by atoms with E-state index in [-0.39, 0.29) is 25.0 Å². The van der Waals surface area contributed by atoms with Gasteiger partial charge in [0.15, 0.2) is 0 Å². The zero-order valence-electron chi connectivity index (χ0n) is 15.6. The summed E-state index contributed by atoms with van der Waals surface area (Å²) in [6.45, 7) is 2.70. The summed E-state index contributed by atoms with van der Waals surface area (Å²) in [5, 5.41) is 21.9. The van der Waals surface area contributed by atoms with Crippen LogP contribution in [0.15, 0.2) is 0 Å². The van der Waals surface area contributed by atoms with Crippen molar-refractivity contribution in [2.75, 3.05) is 13.2 Å². The topological polar surface area (TPSA) is 95.6 Å². The van der Waals surface area contributed by atoms with Gasteiger partial charge in [0, 0.05) is 0 Å². The highest BCUT2D eigenvalue weighted by atomic mass is 16.3. The normalized spacial score (nSPS) is 13.7. The summed E-state index contributed by atoms with van der Waals surface area (Å²) in [7, 11) is 0. The minimum absolute atomic E-state index is 0.0832. The molecule has 0 fully saturated rings. The lowest BCUT2D eigenvalue weighted by molar-refractivity contribution is -0.124. The zero-order valence-corrected chi connectivity index (χ0v) is 15.6. The van der Waals surface area contributed by atoms with Crippen LogP contribution in [-0.4, -0.2) is 41.4 Å². The van der Waals surface area contributed by atoms with Crippen molar-refractivity contribution in [2.45, 2.75) is 103 Å². The molecule has 0 aromatic heterocycles. The van der Waals surface area contributed by atoms with Gasteiger partial charge in [-0.15, -0.1) is 0 Å². The Kier molecular flexibility index (Phi) is 16.7. The third kappa shape index (κ3) is 14.9. The predicted octanol–water partition coefficient (Wildman–Crippen LogP) is 2.87. The highest BCUT2D eigenvalue weighted by Gasteiger charge is 2.14. The lowest BCUT2D eigenvalue weighted by Crippen LogP contribution is -2.39. The monoisotopic (exact) mass is 344 g/mol. The number of nitrogens with one attached hydrogen (secondary N) is 1. The van der Waals surface area contributed by atoms with Crippen molar-refractivity contribution in [3.05, 3.63) is 0 Å². The Morgan fingerprint density at radius 3 is 2.08 bits per heavy atom. The van der Waals surface area contributed by atoms with Gasteiger partial charge in [0.1, 0.15) is 0 Å². The Morgan fingerprint density at radius 1 is 0.958 bits per heavy atom. The Hall–Kier alpha value is -0.650. The van der Waals surface area contributed by atoms with Crippen LogP contribution in [0.4, 0.5) is 0 Å². The SMILES string of the molecule is CCCCCCCCCCC[C@@H](O)CC(=O)NC(CO)CCCN. The number of aliphatic hydroxyl groups excluding tert-OH is 2. The van der Waals surface area contributed by atoms with E-state index in [2.05, 4.69) is 12.2 Å². The number of aliphatic hydroxyl groups is 2. The van der Waals surface area contributed by atoms with Crippen molar-refractivity contribution in [1.82, 2.24) is 5.32 Å². The number of unbranched alkanes of at least 4 members (excludes halogenated alkanes) is 8. The molecule has 0 rings (SSSR count). The van der Waals surface area contributed by atoms with E-state index in [1.165, 1.54) is 44.9 Å². The van der Waals surface area contributed by atoms with Gasteiger partial charge < -0.3 is 21.3 Å². The van der Waals surface area contributed by atoms with Crippen molar-refractivity contribution >= 4 is 5.91 Å². The maximum atomic E-state index is 11.8. The molecule has 0 aliphatic heterocycles. The summed E-state index contributed by atoms with van der Waals surface area (Å²) in [5.74, 6) is -0.186. The van der Waals surface area contributed by atoms with Crippen LogP contribution >= 0.6 is 0 Å². The Labute approximate surface area is 148 Å². The van der Waals surface area contributed by atoms with Crippen molar-refractivity contribution in [3.63, 3.8) is 0 Å². The first kappa shape index (κ1) is 23.4. The molecule has 1 amide bonds. The molecule has 1 unspecified atom stereocenters. The molecule has 0 spiro atoms. The molecule has 0 radical (unpaired) electrons. The highest BCUT2D eigenvalue weighted by Crippen LogP contribution is 2.12. The number of hydrogen-bond acceptors (Lipinski definition) is 4. The second-order valence-electron chi connectivity index (χ2n) is 6.85. The van der Waals surface area contributed by atoms with Gasteiger partial charge in [-0.25, -0.2) is 0 Å². The molecule has 0 aromatic rings. The number of amides is 1. The van der Waals surface area contributed by atoms with Gasteiger partial charge in [0.05, 0.1) is 25.2 Å². The van der Waals surface area contributed by atoms with Crippen LogP contribution in [0.3, 0.4) is 0 Å². The Morgan fingerprint density at radius 2 is 1.54 bits per heavy atom. The van der Waals surface area contributed by atoms with Gasteiger partial charge in [0.2, 0.25) is 5.91 Å². The van der Waals surface area contributed by atoms with Gasteiger partial charge >= 0.3 is 0 Å². The Balaban J connectivity index is 3.56. The van der Waals surface area contributed by atoms with Gasteiger partial charge in [-0.3, -0.25) is 4.79 Å². The van der Waals surface area contributed by atoms with Gasteiger partial charge in [-0.2, -0.15) is 0 Å². The standard InChI is InChI=1S/C19H40N2O3/c1-2-3-4-5-6-7-8-9-10-13-18(23)15-19(24)21-17(16-22)12-11-14-20/h17-18,22-23H,2-16,20H2,1H3,(H,21,24)/t17?,18-/m1/s1. The summed E-state index contributed by atoms with van der Waals surface area (Å²) >= 11 is 0. The molecule has 0 aliphatic rings. The van der Waals surface area contributed by atoms with Gasteiger partial charge in [-0.1, -0.05) is 64.7 Å². The number of carbonyl (C=O) groups excluding carboxylic acids is 1. The molecule has 0 saturated carbocycles. The fourth-order valence-electron chi connectivity index (χ4n) is 2.87. The summed E-state index contributed by atoms with van der Waals surface area (Å²) in [6.07, 6.45) is 12.9. The average Bonchev–Trinajstić information content (AvgIpc) is 2.57. The maximum Gasteiger partial charge on any atom is 0.222 e. The van der Waals surface area contributed by atoms with Crippen LogP contribution < -0.4 is 11.1 Å². The van der Waals surface area contributed by atoms with Crippen molar-refractivity contribution < 1.29 is 15.0 Å². The first-order valence-electron chi connectivity index (χ1n) is 9.92. The summed E-state index contributed by atoms with van der Waals surface area (Å²) in [4.78, 5) is 11.8. The molecular weight excluding hydrogens is 304 g/mol.